The van der Waals surface area contributed by atoms with E-state index in [1.807, 2.05) is 0 Å². The van der Waals surface area contributed by atoms with Gasteiger partial charge in [0, 0.05) is 73.0 Å². The molecule has 0 heterocycles. The predicted octanol–water partition coefficient (Wildman–Crippen LogP) is -5.66. The van der Waals surface area contributed by atoms with Crippen LogP contribution in [0.2, 0.25) is 0 Å². The smallest absolute Gasteiger partial charge is 0.317 e. The molecule has 57 heavy (non-hydrogen) atoms. The van der Waals surface area contributed by atoms with Crippen molar-refractivity contribution >= 4 is 59.6 Å². The van der Waals surface area contributed by atoms with E-state index >= 15 is 0 Å². The average molecular weight is 827 g/mol. The minimum Gasteiger partial charge on any atom is -0.481 e. The summed E-state index contributed by atoms with van der Waals surface area (Å²) < 4.78 is 0. The fraction of sp³-hybridized carbons (Fsp3) is 0.677. The summed E-state index contributed by atoms with van der Waals surface area (Å²) in [6.07, 6.45) is -0.172. The molecule has 0 unspecified atom stereocenters. The first-order valence-electron chi connectivity index (χ1n) is 17.1. The highest BCUT2D eigenvalue weighted by Gasteiger charge is 2.21. The molecule has 0 saturated carbocycles. The summed E-state index contributed by atoms with van der Waals surface area (Å²) in [4.78, 5) is 118. The molecule has 0 radical (unpaired) electrons. The molecule has 0 aromatic carbocycles. The van der Waals surface area contributed by atoms with Gasteiger partial charge in [0.25, 0.3) is 0 Å². The van der Waals surface area contributed by atoms with Crippen molar-refractivity contribution < 1.29 is 88.8 Å². The SMILES string of the molecule is CNC(=O)CN(CCC(=O)O)CCN(CCN(CC(=O)O)CC(=O)NC)CC(=O)O.O=C(O)CN(CCN(CC(=O)O)CC(=O)O)CCN(CC(=O)O)CC(=O)O. The van der Waals surface area contributed by atoms with Crippen LogP contribution < -0.4 is 10.6 Å². The summed E-state index contributed by atoms with van der Waals surface area (Å²) in [5, 5.41) is 76.0. The number of carboxylic acid groups (broad SMARTS) is 8. The van der Waals surface area contributed by atoms with Crippen molar-refractivity contribution in [3.8, 4) is 0 Å². The fourth-order valence-electron chi connectivity index (χ4n) is 4.74. The van der Waals surface area contributed by atoms with E-state index in [0.29, 0.717) is 0 Å². The van der Waals surface area contributed by atoms with Gasteiger partial charge in [0.15, 0.2) is 0 Å². The summed E-state index contributed by atoms with van der Waals surface area (Å²) in [5.41, 5.74) is 0. The number of nitrogens with one attached hydrogen (secondary N) is 2. The molecule has 2 amide bonds. The summed E-state index contributed by atoms with van der Waals surface area (Å²) in [5.74, 6) is -10.0. The molecule has 0 rings (SSSR count). The van der Waals surface area contributed by atoms with E-state index < -0.39 is 80.5 Å². The molecule has 0 fully saturated rings. The van der Waals surface area contributed by atoms with Crippen LogP contribution in [0.25, 0.3) is 0 Å². The largest absolute Gasteiger partial charge is 0.481 e. The van der Waals surface area contributed by atoms with Crippen LogP contribution in [0.4, 0.5) is 0 Å². The molecule has 0 aromatic rings. The molecule has 26 nitrogen and oxygen atoms in total. The van der Waals surface area contributed by atoms with Crippen LogP contribution in [-0.4, -0.2) is 262 Å². The average Bonchev–Trinajstić information content (AvgIpc) is 3.07. The second-order valence-corrected chi connectivity index (χ2v) is 12.2. The Kier molecular flexibility index (Phi) is 28.8. The van der Waals surface area contributed by atoms with Gasteiger partial charge in [0.2, 0.25) is 11.8 Å². The van der Waals surface area contributed by atoms with Crippen molar-refractivity contribution in [2.24, 2.45) is 0 Å². The number of carbonyl (C=O) groups excluding carboxylic acids is 2. The lowest BCUT2D eigenvalue weighted by Crippen LogP contribution is -2.46. The van der Waals surface area contributed by atoms with Crippen LogP contribution >= 0.6 is 0 Å². The highest BCUT2D eigenvalue weighted by molar-refractivity contribution is 5.79. The Morgan fingerprint density at radius 2 is 0.491 bits per heavy atom. The molecule has 0 atom stereocenters. The molecule has 0 aliphatic heterocycles. The third-order valence-electron chi connectivity index (χ3n) is 7.38. The van der Waals surface area contributed by atoms with Crippen molar-refractivity contribution in [3.63, 3.8) is 0 Å². The molecule has 26 heteroatoms. The number of amides is 2. The number of likely N-dealkylation sites (N-methyl/N-ethyl adjacent to an activating group) is 2. The van der Waals surface area contributed by atoms with Gasteiger partial charge in [0.1, 0.15) is 0 Å². The van der Waals surface area contributed by atoms with Crippen LogP contribution in [0.15, 0.2) is 0 Å². The lowest BCUT2D eigenvalue weighted by atomic mass is 10.3. The van der Waals surface area contributed by atoms with Gasteiger partial charge in [-0.2, -0.15) is 0 Å². The number of aliphatic carboxylic acids is 8. The van der Waals surface area contributed by atoms with E-state index in [9.17, 15) is 47.9 Å². The van der Waals surface area contributed by atoms with E-state index in [1.165, 1.54) is 23.9 Å². The molecule has 10 N–H and O–H groups in total. The minimum atomic E-state index is -1.24. The zero-order valence-corrected chi connectivity index (χ0v) is 31.8. The van der Waals surface area contributed by atoms with E-state index in [4.69, 9.17) is 40.9 Å². The Morgan fingerprint density at radius 3 is 0.719 bits per heavy atom. The number of hydrogen-bond acceptors (Lipinski definition) is 16. The quantitative estimate of drug-likeness (QED) is 0.0295. The first kappa shape index (κ1) is 53.6. The van der Waals surface area contributed by atoms with Gasteiger partial charge in [0.05, 0.1) is 65.3 Å². The Labute approximate surface area is 326 Å². The van der Waals surface area contributed by atoms with Crippen LogP contribution in [0.1, 0.15) is 6.42 Å². The van der Waals surface area contributed by atoms with Gasteiger partial charge in [-0.3, -0.25) is 77.3 Å². The number of hydrogen-bond donors (Lipinski definition) is 10. The number of rotatable bonds is 33. The molecular weight excluding hydrogens is 772 g/mol. The summed E-state index contributed by atoms with van der Waals surface area (Å²) >= 11 is 0. The maximum atomic E-state index is 11.6. The molecule has 0 bridgehead atoms. The van der Waals surface area contributed by atoms with Gasteiger partial charge in [-0.1, -0.05) is 0 Å². The lowest BCUT2D eigenvalue weighted by molar-refractivity contribution is -0.143. The van der Waals surface area contributed by atoms with Crippen molar-refractivity contribution in [1.29, 1.82) is 0 Å². The lowest BCUT2D eigenvalue weighted by Gasteiger charge is -2.28. The molecular formula is C31H54N8O18. The first-order chi connectivity index (χ1) is 26.6. The third kappa shape index (κ3) is 33.5. The van der Waals surface area contributed by atoms with E-state index in [0.717, 1.165) is 9.80 Å². The Bertz CT molecular complexity index is 1280. The second-order valence-electron chi connectivity index (χ2n) is 12.2. The topological polar surface area (TPSA) is 376 Å². The van der Waals surface area contributed by atoms with Crippen molar-refractivity contribution in [2.45, 2.75) is 6.42 Å². The van der Waals surface area contributed by atoms with Crippen molar-refractivity contribution in [2.75, 3.05) is 132 Å². The normalized spacial score (nSPS) is 11.0. The van der Waals surface area contributed by atoms with E-state index in [-0.39, 0.29) is 103 Å². The van der Waals surface area contributed by atoms with Crippen molar-refractivity contribution in [3.05, 3.63) is 0 Å². The maximum absolute atomic E-state index is 11.6. The standard InChI is InChI=1S/C17H31N5O8.C14H23N3O10/c1-18-13(23)9-20(4-3-15(25)26)5-6-21(11-16(27)28)7-8-22(12-17(29)30)10-14(24)19-2;18-10(19)5-15(1-3-16(6-11(20)21)7-12(22)23)2-4-17(8-13(24)25)9-14(26)27/h3-12H2,1-2H3,(H,18,23)(H,19,24)(H,25,26)(H,27,28)(H,29,30);1-9H2,(H,18,19)(H,20,21)(H,22,23)(H,24,25)(H,26,27). The second kappa shape index (κ2) is 30.7. The first-order valence-corrected chi connectivity index (χ1v) is 17.1. The van der Waals surface area contributed by atoms with Crippen LogP contribution in [0.5, 0.6) is 0 Å². The zero-order valence-electron chi connectivity index (χ0n) is 31.8. The molecule has 0 aliphatic carbocycles. The monoisotopic (exact) mass is 826 g/mol. The van der Waals surface area contributed by atoms with Crippen LogP contribution in [0.3, 0.4) is 0 Å². The zero-order chi connectivity index (χ0) is 44.1. The third-order valence-corrected chi connectivity index (χ3v) is 7.38. The summed E-state index contributed by atoms with van der Waals surface area (Å²) in [7, 11) is 2.88. The van der Waals surface area contributed by atoms with Crippen molar-refractivity contribution in [1.82, 2.24) is 40.0 Å². The molecule has 0 spiro atoms. The van der Waals surface area contributed by atoms with Gasteiger partial charge < -0.3 is 51.5 Å². The Balaban J connectivity index is 0. The Morgan fingerprint density at radius 1 is 0.298 bits per heavy atom. The summed E-state index contributed by atoms with van der Waals surface area (Å²) in [6, 6.07) is 0. The van der Waals surface area contributed by atoms with E-state index in [2.05, 4.69) is 10.6 Å². The number of nitrogens with zero attached hydrogens (tertiary/aromatic N) is 6. The van der Waals surface area contributed by atoms with Crippen LogP contribution in [-0.2, 0) is 47.9 Å². The molecule has 326 valence electrons. The van der Waals surface area contributed by atoms with Gasteiger partial charge >= 0.3 is 47.8 Å². The highest BCUT2D eigenvalue weighted by atomic mass is 16.4. The minimum absolute atomic E-state index is 0.000836. The molecule has 0 aliphatic rings. The maximum Gasteiger partial charge on any atom is 0.317 e. The highest BCUT2D eigenvalue weighted by Crippen LogP contribution is 2.00. The molecule has 0 saturated heterocycles. The van der Waals surface area contributed by atoms with Gasteiger partial charge in [-0.25, -0.2) is 0 Å². The number of carbonyl (C=O) groups is 10. The number of carboxylic acids is 8. The van der Waals surface area contributed by atoms with Crippen LogP contribution in [0, 0.1) is 0 Å². The summed E-state index contributed by atoms with van der Waals surface area (Å²) in [6.45, 7) is -2.75. The van der Waals surface area contributed by atoms with Gasteiger partial charge in [-0.05, 0) is 0 Å². The predicted molar refractivity (Wildman–Crippen MR) is 192 cm³/mol. The fourth-order valence-corrected chi connectivity index (χ4v) is 4.74. The Hall–Kier alpha value is -5.54. The van der Waals surface area contributed by atoms with E-state index in [1.54, 1.807) is 9.80 Å². The van der Waals surface area contributed by atoms with Gasteiger partial charge in [-0.15, -0.1) is 0 Å². The molecule has 0 aromatic heterocycles.